The number of piperidine rings is 1. The van der Waals surface area contributed by atoms with Crippen LogP contribution in [0.15, 0.2) is 0 Å². The molecule has 2 heterocycles. The Morgan fingerprint density at radius 2 is 2.14 bits per heavy atom. The normalized spacial score (nSPS) is 28.5. The molecule has 1 unspecified atom stereocenters. The molecule has 2 N–H and O–H groups in total. The zero-order chi connectivity index (χ0) is 14.4. The van der Waals surface area contributed by atoms with Crippen molar-refractivity contribution in [1.82, 2.24) is 15.5 Å². The quantitative estimate of drug-likeness (QED) is 0.790. The van der Waals surface area contributed by atoms with E-state index in [1.807, 2.05) is 0 Å². The number of amides is 1. The number of morpholine rings is 1. The Labute approximate surface area is 134 Å². The van der Waals surface area contributed by atoms with Crippen LogP contribution in [0.2, 0.25) is 0 Å². The number of nitrogens with one attached hydrogen (secondary N) is 2. The fourth-order valence-electron chi connectivity index (χ4n) is 3.08. The SMILES string of the molecule is CC(CNC(=O)[C@H]1CCN[C@@H](C)C1)CN1CCOCC1.Cl. The molecule has 2 saturated heterocycles. The molecule has 124 valence electrons. The molecule has 0 aromatic carbocycles. The first kappa shape index (κ1) is 18.7. The van der Waals surface area contributed by atoms with Crippen molar-refractivity contribution >= 4 is 18.3 Å². The van der Waals surface area contributed by atoms with Crippen LogP contribution >= 0.6 is 12.4 Å². The third kappa shape index (κ3) is 6.51. The summed E-state index contributed by atoms with van der Waals surface area (Å²) in [6.45, 7) is 10.9. The summed E-state index contributed by atoms with van der Waals surface area (Å²) in [6, 6.07) is 0.463. The van der Waals surface area contributed by atoms with Crippen LogP contribution in [0, 0.1) is 11.8 Å². The number of carbonyl (C=O) groups excluding carboxylic acids is 1. The summed E-state index contributed by atoms with van der Waals surface area (Å²) in [5.74, 6) is 0.935. The maximum atomic E-state index is 12.2. The van der Waals surface area contributed by atoms with E-state index in [4.69, 9.17) is 4.74 Å². The Kier molecular flexibility index (Phi) is 8.56. The Hall–Kier alpha value is -0.360. The van der Waals surface area contributed by atoms with Crippen molar-refractivity contribution in [3.05, 3.63) is 0 Å². The van der Waals surface area contributed by atoms with Gasteiger partial charge in [-0.2, -0.15) is 0 Å². The van der Waals surface area contributed by atoms with Crippen LogP contribution in [-0.2, 0) is 9.53 Å². The van der Waals surface area contributed by atoms with E-state index in [1.54, 1.807) is 0 Å². The fourth-order valence-corrected chi connectivity index (χ4v) is 3.08. The number of hydrogen-bond donors (Lipinski definition) is 2. The second-order valence-corrected chi connectivity index (χ2v) is 6.34. The molecule has 2 aliphatic heterocycles. The molecule has 0 aromatic rings. The predicted molar refractivity (Wildman–Crippen MR) is 86.9 cm³/mol. The second kappa shape index (κ2) is 9.62. The minimum atomic E-state index is 0. The largest absolute Gasteiger partial charge is 0.379 e. The van der Waals surface area contributed by atoms with Crippen LogP contribution in [0.1, 0.15) is 26.7 Å². The van der Waals surface area contributed by atoms with Crippen LogP contribution in [0.3, 0.4) is 0 Å². The van der Waals surface area contributed by atoms with Crippen LogP contribution in [0.4, 0.5) is 0 Å². The van der Waals surface area contributed by atoms with Crippen molar-refractivity contribution in [1.29, 1.82) is 0 Å². The third-order valence-electron chi connectivity index (χ3n) is 4.29. The van der Waals surface area contributed by atoms with Gasteiger partial charge in [0.15, 0.2) is 0 Å². The van der Waals surface area contributed by atoms with Crippen LogP contribution < -0.4 is 10.6 Å². The van der Waals surface area contributed by atoms with E-state index in [1.165, 1.54) is 0 Å². The highest BCUT2D eigenvalue weighted by Gasteiger charge is 2.24. The molecule has 2 fully saturated rings. The first-order chi connectivity index (χ1) is 9.65. The molecule has 0 bridgehead atoms. The van der Waals surface area contributed by atoms with E-state index in [-0.39, 0.29) is 24.2 Å². The summed E-state index contributed by atoms with van der Waals surface area (Å²) in [5, 5.41) is 6.52. The first-order valence-electron chi connectivity index (χ1n) is 7.96. The van der Waals surface area contributed by atoms with Crippen LogP contribution in [-0.4, -0.2) is 62.8 Å². The van der Waals surface area contributed by atoms with Crippen molar-refractivity contribution in [2.75, 3.05) is 45.9 Å². The molecule has 1 amide bonds. The van der Waals surface area contributed by atoms with Crippen molar-refractivity contribution in [2.45, 2.75) is 32.7 Å². The molecule has 6 heteroatoms. The van der Waals surface area contributed by atoms with Gasteiger partial charge in [0, 0.05) is 38.1 Å². The topological polar surface area (TPSA) is 53.6 Å². The van der Waals surface area contributed by atoms with E-state index in [9.17, 15) is 4.79 Å². The van der Waals surface area contributed by atoms with Gasteiger partial charge in [0.2, 0.25) is 5.91 Å². The molecule has 0 radical (unpaired) electrons. The minimum Gasteiger partial charge on any atom is -0.379 e. The molecule has 2 aliphatic rings. The Bertz CT molecular complexity index is 311. The first-order valence-corrected chi connectivity index (χ1v) is 7.96. The van der Waals surface area contributed by atoms with Gasteiger partial charge < -0.3 is 15.4 Å². The zero-order valence-corrected chi connectivity index (χ0v) is 14.1. The number of rotatable bonds is 5. The highest BCUT2D eigenvalue weighted by molar-refractivity contribution is 5.85. The van der Waals surface area contributed by atoms with Crippen LogP contribution in [0.25, 0.3) is 0 Å². The summed E-state index contributed by atoms with van der Waals surface area (Å²) < 4.78 is 5.35. The van der Waals surface area contributed by atoms with Gasteiger partial charge in [-0.05, 0) is 32.2 Å². The smallest absolute Gasteiger partial charge is 0.223 e. The fraction of sp³-hybridized carbons (Fsp3) is 0.933. The van der Waals surface area contributed by atoms with Crippen LogP contribution in [0.5, 0.6) is 0 Å². The average molecular weight is 320 g/mol. The van der Waals surface area contributed by atoms with Gasteiger partial charge in [0.05, 0.1) is 13.2 Å². The van der Waals surface area contributed by atoms with E-state index in [0.717, 1.165) is 58.8 Å². The molecule has 0 spiro atoms. The summed E-state index contributed by atoms with van der Waals surface area (Å²) >= 11 is 0. The van der Waals surface area contributed by atoms with E-state index < -0.39 is 0 Å². The third-order valence-corrected chi connectivity index (χ3v) is 4.29. The summed E-state index contributed by atoms with van der Waals surface area (Å²) in [4.78, 5) is 14.6. The van der Waals surface area contributed by atoms with Crippen molar-refractivity contribution in [2.24, 2.45) is 11.8 Å². The summed E-state index contributed by atoms with van der Waals surface area (Å²) in [6.07, 6.45) is 1.93. The summed E-state index contributed by atoms with van der Waals surface area (Å²) in [7, 11) is 0. The van der Waals surface area contributed by atoms with Crippen molar-refractivity contribution in [3.8, 4) is 0 Å². The maximum Gasteiger partial charge on any atom is 0.223 e. The Balaban J connectivity index is 0.00000220. The van der Waals surface area contributed by atoms with Gasteiger partial charge in [-0.1, -0.05) is 6.92 Å². The number of halogens is 1. The standard InChI is InChI=1S/C15H29N3O2.ClH/c1-12(11-18-5-7-20-8-6-18)10-17-15(19)14-3-4-16-13(2)9-14;/h12-14,16H,3-11H2,1-2H3,(H,17,19);1H/t12?,13-,14-;/m0./s1. The average Bonchev–Trinajstić information content (AvgIpc) is 2.46. The highest BCUT2D eigenvalue weighted by Crippen LogP contribution is 2.16. The van der Waals surface area contributed by atoms with Gasteiger partial charge in [0.25, 0.3) is 0 Å². The molecule has 21 heavy (non-hydrogen) atoms. The van der Waals surface area contributed by atoms with Gasteiger partial charge >= 0.3 is 0 Å². The molecular formula is C15H30ClN3O2. The molecule has 2 rings (SSSR count). The zero-order valence-electron chi connectivity index (χ0n) is 13.3. The number of nitrogens with zero attached hydrogens (tertiary/aromatic N) is 1. The summed E-state index contributed by atoms with van der Waals surface area (Å²) in [5.41, 5.74) is 0. The second-order valence-electron chi connectivity index (χ2n) is 6.34. The van der Waals surface area contributed by atoms with Crippen molar-refractivity contribution < 1.29 is 9.53 Å². The molecule has 5 nitrogen and oxygen atoms in total. The molecule has 0 saturated carbocycles. The highest BCUT2D eigenvalue weighted by atomic mass is 35.5. The monoisotopic (exact) mass is 319 g/mol. The van der Waals surface area contributed by atoms with Gasteiger partial charge in [0.1, 0.15) is 0 Å². The Morgan fingerprint density at radius 1 is 1.43 bits per heavy atom. The Morgan fingerprint density at radius 3 is 2.81 bits per heavy atom. The number of hydrogen-bond acceptors (Lipinski definition) is 4. The van der Waals surface area contributed by atoms with E-state index in [2.05, 4.69) is 29.4 Å². The van der Waals surface area contributed by atoms with Gasteiger partial charge in [-0.25, -0.2) is 0 Å². The van der Waals surface area contributed by atoms with Gasteiger partial charge in [-0.15, -0.1) is 12.4 Å². The molecule has 0 aromatic heterocycles. The lowest BCUT2D eigenvalue weighted by Crippen LogP contribution is -2.45. The molecular weight excluding hydrogens is 290 g/mol. The lowest BCUT2D eigenvalue weighted by Gasteiger charge is -2.30. The number of carbonyl (C=O) groups is 1. The maximum absolute atomic E-state index is 12.2. The predicted octanol–water partition coefficient (Wildman–Crippen LogP) is 0.881. The lowest BCUT2D eigenvalue weighted by molar-refractivity contribution is -0.126. The van der Waals surface area contributed by atoms with Gasteiger partial charge in [-0.3, -0.25) is 9.69 Å². The van der Waals surface area contributed by atoms with Crippen molar-refractivity contribution in [3.63, 3.8) is 0 Å². The van der Waals surface area contributed by atoms with E-state index in [0.29, 0.717) is 12.0 Å². The number of ether oxygens (including phenoxy) is 1. The minimum absolute atomic E-state index is 0. The van der Waals surface area contributed by atoms with E-state index >= 15 is 0 Å². The lowest BCUT2D eigenvalue weighted by atomic mass is 9.92. The molecule has 0 aliphatic carbocycles. The molecule has 3 atom stereocenters.